The van der Waals surface area contributed by atoms with Gasteiger partial charge < -0.3 is 10.2 Å². The number of anilines is 1. The maximum absolute atomic E-state index is 6.20. The number of nitrogens with one attached hydrogen (secondary N) is 1. The Labute approximate surface area is 129 Å². The van der Waals surface area contributed by atoms with Crippen molar-refractivity contribution >= 4 is 17.3 Å². The summed E-state index contributed by atoms with van der Waals surface area (Å²) in [6, 6.07) is 6.72. The lowest BCUT2D eigenvalue weighted by Crippen LogP contribution is -2.30. The summed E-state index contributed by atoms with van der Waals surface area (Å²) in [7, 11) is 0. The molecule has 114 valence electrons. The molecule has 20 heavy (non-hydrogen) atoms. The van der Waals surface area contributed by atoms with E-state index in [0.29, 0.717) is 12.0 Å². The second-order valence-corrected chi connectivity index (χ2v) is 6.30. The minimum Gasteiger partial charge on any atom is -0.371 e. The molecule has 0 aliphatic heterocycles. The zero-order chi connectivity index (χ0) is 15.1. The summed E-state index contributed by atoms with van der Waals surface area (Å²) in [6.07, 6.45) is 1.21. The Kier molecular flexibility index (Phi) is 7.39. The molecule has 0 saturated carbocycles. The van der Waals surface area contributed by atoms with Gasteiger partial charge in [-0.25, -0.2) is 0 Å². The molecule has 0 aliphatic rings. The molecule has 1 unspecified atom stereocenters. The fourth-order valence-electron chi connectivity index (χ4n) is 2.20. The van der Waals surface area contributed by atoms with Crippen LogP contribution in [0.15, 0.2) is 18.2 Å². The van der Waals surface area contributed by atoms with Crippen molar-refractivity contribution in [2.24, 2.45) is 5.92 Å². The molecule has 0 aliphatic carbocycles. The molecular formula is C17H29ClN2. The molecule has 1 aromatic rings. The molecule has 0 radical (unpaired) electrons. The molecule has 1 N–H and O–H groups in total. The van der Waals surface area contributed by atoms with Gasteiger partial charge in [-0.3, -0.25) is 0 Å². The highest BCUT2D eigenvalue weighted by Crippen LogP contribution is 2.26. The van der Waals surface area contributed by atoms with Gasteiger partial charge in [0.15, 0.2) is 0 Å². The fourth-order valence-corrected chi connectivity index (χ4v) is 2.36. The third-order valence-electron chi connectivity index (χ3n) is 3.70. The first-order valence-electron chi connectivity index (χ1n) is 7.74. The number of rotatable bonds is 8. The second kappa shape index (κ2) is 8.53. The van der Waals surface area contributed by atoms with Crippen molar-refractivity contribution in [3.05, 3.63) is 28.8 Å². The number of benzene rings is 1. The molecule has 1 rings (SSSR count). The lowest BCUT2D eigenvalue weighted by atomic mass is 10.1. The van der Waals surface area contributed by atoms with E-state index < -0.39 is 0 Å². The third-order valence-corrected chi connectivity index (χ3v) is 3.93. The van der Waals surface area contributed by atoms with Crippen LogP contribution in [0, 0.1) is 5.92 Å². The van der Waals surface area contributed by atoms with E-state index in [0.717, 1.165) is 24.7 Å². The average molecular weight is 297 g/mol. The predicted molar refractivity (Wildman–Crippen MR) is 90.8 cm³/mol. The lowest BCUT2D eigenvalue weighted by molar-refractivity contribution is 0.544. The van der Waals surface area contributed by atoms with Gasteiger partial charge >= 0.3 is 0 Å². The third kappa shape index (κ3) is 5.34. The summed E-state index contributed by atoms with van der Waals surface area (Å²) in [4.78, 5) is 2.44. The van der Waals surface area contributed by atoms with Gasteiger partial charge in [0.05, 0.1) is 0 Å². The molecule has 0 fully saturated rings. The van der Waals surface area contributed by atoms with Crippen molar-refractivity contribution in [2.45, 2.75) is 53.6 Å². The van der Waals surface area contributed by atoms with E-state index >= 15 is 0 Å². The van der Waals surface area contributed by atoms with Crippen LogP contribution in [-0.4, -0.2) is 19.1 Å². The Bertz CT molecular complexity index is 404. The van der Waals surface area contributed by atoms with Crippen molar-refractivity contribution in [3.63, 3.8) is 0 Å². The summed E-state index contributed by atoms with van der Waals surface area (Å²) < 4.78 is 0. The first-order chi connectivity index (χ1) is 9.47. The summed E-state index contributed by atoms with van der Waals surface area (Å²) >= 11 is 6.20. The van der Waals surface area contributed by atoms with Gasteiger partial charge in [-0.05, 0) is 30.5 Å². The standard InChI is InChI=1S/C17H29ClN2/c1-6-14(5)12-20(7-2)17-10-16(18)9-8-15(17)11-19-13(3)4/h8-10,13-14,19H,6-7,11-12H2,1-5H3. The van der Waals surface area contributed by atoms with Crippen LogP contribution in [0.25, 0.3) is 0 Å². The summed E-state index contributed by atoms with van der Waals surface area (Å²) in [6.45, 7) is 14.1. The second-order valence-electron chi connectivity index (χ2n) is 5.86. The SMILES string of the molecule is CCC(C)CN(CC)c1cc(Cl)ccc1CNC(C)C. The van der Waals surface area contributed by atoms with Gasteiger partial charge in [0.25, 0.3) is 0 Å². The highest BCUT2D eigenvalue weighted by molar-refractivity contribution is 6.30. The Morgan fingerprint density at radius 1 is 1.20 bits per heavy atom. The molecule has 0 heterocycles. The molecule has 2 nitrogen and oxygen atoms in total. The summed E-state index contributed by atoms with van der Waals surface area (Å²) in [5.74, 6) is 0.694. The molecule has 0 aromatic heterocycles. The van der Waals surface area contributed by atoms with Gasteiger partial charge in [0, 0.05) is 36.4 Å². The van der Waals surface area contributed by atoms with Gasteiger partial charge in [0.2, 0.25) is 0 Å². The van der Waals surface area contributed by atoms with Gasteiger partial charge in [-0.1, -0.05) is 51.8 Å². The normalized spacial score (nSPS) is 12.8. The largest absolute Gasteiger partial charge is 0.371 e. The van der Waals surface area contributed by atoms with Crippen LogP contribution < -0.4 is 10.2 Å². The van der Waals surface area contributed by atoms with E-state index in [1.807, 2.05) is 6.07 Å². The molecule has 1 atom stereocenters. The van der Waals surface area contributed by atoms with Crippen LogP contribution in [0.1, 0.15) is 46.6 Å². The molecule has 1 aromatic carbocycles. The van der Waals surface area contributed by atoms with E-state index in [1.54, 1.807) is 0 Å². The minimum absolute atomic E-state index is 0.489. The fraction of sp³-hybridized carbons (Fsp3) is 0.647. The number of nitrogens with zero attached hydrogens (tertiary/aromatic N) is 1. The van der Waals surface area contributed by atoms with Crippen molar-refractivity contribution in [1.82, 2.24) is 5.32 Å². The van der Waals surface area contributed by atoms with Crippen LogP contribution in [0.5, 0.6) is 0 Å². The van der Waals surface area contributed by atoms with E-state index in [-0.39, 0.29) is 0 Å². The Morgan fingerprint density at radius 2 is 1.90 bits per heavy atom. The lowest BCUT2D eigenvalue weighted by Gasteiger charge is -2.29. The van der Waals surface area contributed by atoms with Crippen LogP contribution >= 0.6 is 11.6 Å². The first kappa shape index (κ1) is 17.3. The highest BCUT2D eigenvalue weighted by atomic mass is 35.5. The van der Waals surface area contributed by atoms with Crippen molar-refractivity contribution in [1.29, 1.82) is 0 Å². The topological polar surface area (TPSA) is 15.3 Å². The number of halogens is 1. The first-order valence-corrected chi connectivity index (χ1v) is 8.12. The maximum Gasteiger partial charge on any atom is 0.0426 e. The number of hydrogen-bond donors (Lipinski definition) is 1. The smallest absolute Gasteiger partial charge is 0.0426 e. The zero-order valence-electron chi connectivity index (χ0n) is 13.5. The van der Waals surface area contributed by atoms with E-state index in [2.05, 4.69) is 57.0 Å². The minimum atomic E-state index is 0.489. The van der Waals surface area contributed by atoms with E-state index in [4.69, 9.17) is 11.6 Å². The Hall–Kier alpha value is -0.730. The summed E-state index contributed by atoms with van der Waals surface area (Å²) in [5.41, 5.74) is 2.60. The van der Waals surface area contributed by atoms with Crippen LogP contribution in [-0.2, 0) is 6.54 Å². The maximum atomic E-state index is 6.20. The monoisotopic (exact) mass is 296 g/mol. The molecule has 0 amide bonds. The zero-order valence-corrected chi connectivity index (χ0v) is 14.3. The van der Waals surface area contributed by atoms with Gasteiger partial charge in [-0.15, -0.1) is 0 Å². The number of hydrogen-bond acceptors (Lipinski definition) is 2. The van der Waals surface area contributed by atoms with E-state index in [9.17, 15) is 0 Å². The van der Waals surface area contributed by atoms with Gasteiger partial charge in [0.1, 0.15) is 0 Å². The molecule has 3 heteroatoms. The van der Waals surface area contributed by atoms with Crippen LogP contribution in [0.3, 0.4) is 0 Å². The molecule has 0 saturated heterocycles. The quantitative estimate of drug-likeness (QED) is 0.747. The molecular weight excluding hydrogens is 268 g/mol. The van der Waals surface area contributed by atoms with Crippen molar-refractivity contribution < 1.29 is 0 Å². The van der Waals surface area contributed by atoms with Gasteiger partial charge in [-0.2, -0.15) is 0 Å². The van der Waals surface area contributed by atoms with Crippen LogP contribution in [0.2, 0.25) is 5.02 Å². The van der Waals surface area contributed by atoms with Crippen LogP contribution in [0.4, 0.5) is 5.69 Å². The summed E-state index contributed by atoms with van der Waals surface area (Å²) in [5, 5.41) is 4.31. The highest BCUT2D eigenvalue weighted by Gasteiger charge is 2.13. The van der Waals surface area contributed by atoms with E-state index in [1.165, 1.54) is 17.7 Å². The Balaban J connectivity index is 2.95. The van der Waals surface area contributed by atoms with Crippen molar-refractivity contribution in [3.8, 4) is 0 Å². The molecule has 0 spiro atoms. The molecule has 0 bridgehead atoms. The Morgan fingerprint density at radius 3 is 2.45 bits per heavy atom. The predicted octanol–water partition coefficient (Wildman–Crippen LogP) is 4.71. The average Bonchev–Trinajstić information content (AvgIpc) is 2.42. The van der Waals surface area contributed by atoms with Crippen molar-refractivity contribution in [2.75, 3.05) is 18.0 Å².